The summed E-state index contributed by atoms with van der Waals surface area (Å²) in [5.41, 5.74) is 0. The Hall–Kier alpha value is -1.70. The minimum Gasteiger partial charge on any atom is -0.494 e. The van der Waals surface area contributed by atoms with Crippen LogP contribution in [-0.2, 0) is 0 Å². The third kappa shape index (κ3) is 6.43. The minimum atomic E-state index is 0.805. The van der Waals surface area contributed by atoms with Crippen LogP contribution >= 0.6 is 0 Å². The van der Waals surface area contributed by atoms with Gasteiger partial charge in [0.1, 0.15) is 11.5 Å². The zero-order valence-electron chi connectivity index (χ0n) is 15.4. The Morgan fingerprint density at radius 3 is 1.54 bits per heavy atom. The van der Waals surface area contributed by atoms with Gasteiger partial charge in [0.05, 0.1) is 13.2 Å². The normalized spacial score (nSPS) is 10.9. The van der Waals surface area contributed by atoms with Crippen molar-refractivity contribution in [3.8, 4) is 11.5 Å². The van der Waals surface area contributed by atoms with Gasteiger partial charge in [0.15, 0.2) is 0 Å². The van der Waals surface area contributed by atoms with Gasteiger partial charge in [0, 0.05) is 0 Å². The van der Waals surface area contributed by atoms with E-state index in [4.69, 9.17) is 9.47 Å². The zero-order chi connectivity index (χ0) is 17.0. The van der Waals surface area contributed by atoms with Crippen molar-refractivity contribution in [1.82, 2.24) is 0 Å². The molecule has 0 saturated carbocycles. The van der Waals surface area contributed by atoms with Crippen LogP contribution in [-0.4, -0.2) is 13.2 Å². The highest BCUT2D eigenvalue weighted by molar-refractivity contribution is 5.85. The van der Waals surface area contributed by atoms with Crippen molar-refractivity contribution >= 4 is 10.8 Å². The molecule has 0 unspecified atom stereocenters. The van der Waals surface area contributed by atoms with E-state index in [1.165, 1.54) is 49.3 Å². The molecule has 0 saturated heterocycles. The Balaban J connectivity index is 1.87. The van der Waals surface area contributed by atoms with Crippen LogP contribution in [0.3, 0.4) is 0 Å². The number of benzene rings is 2. The zero-order valence-corrected chi connectivity index (χ0v) is 15.4. The van der Waals surface area contributed by atoms with E-state index in [9.17, 15) is 0 Å². The summed E-state index contributed by atoms with van der Waals surface area (Å²) in [5.74, 6) is 1.91. The lowest BCUT2D eigenvalue weighted by atomic mass is 10.1. The molecule has 0 heterocycles. The van der Waals surface area contributed by atoms with Crippen molar-refractivity contribution in [3.63, 3.8) is 0 Å². The molecule has 2 aromatic carbocycles. The van der Waals surface area contributed by atoms with Gasteiger partial charge in [-0.2, -0.15) is 0 Å². The van der Waals surface area contributed by atoms with Gasteiger partial charge in [-0.1, -0.05) is 64.5 Å². The summed E-state index contributed by atoms with van der Waals surface area (Å²) >= 11 is 0. The molecule has 0 N–H and O–H groups in total. The van der Waals surface area contributed by atoms with Crippen LogP contribution in [0.25, 0.3) is 10.8 Å². The quantitative estimate of drug-likeness (QED) is 0.401. The van der Waals surface area contributed by atoms with Crippen molar-refractivity contribution in [2.45, 2.75) is 65.2 Å². The van der Waals surface area contributed by atoms with Crippen molar-refractivity contribution < 1.29 is 9.47 Å². The van der Waals surface area contributed by atoms with E-state index < -0.39 is 0 Å². The SMILES string of the molecule is CCCCCCOc1ccc2ccc(OCCCCCC)cc2c1. The first-order valence-corrected chi connectivity index (χ1v) is 9.63. The van der Waals surface area contributed by atoms with Crippen molar-refractivity contribution in [1.29, 1.82) is 0 Å². The van der Waals surface area contributed by atoms with E-state index in [0.29, 0.717) is 0 Å². The van der Waals surface area contributed by atoms with Gasteiger partial charge in [-0.15, -0.1) is 0 Å². The van der Waals surface area contributed by atoms with E-state index in [0.717, 1.165) is 37.6 Å². The van der Waals surface area contributed by atoms with Crippen LogP contribution in [0.2, 0.25) is 0 Å². The maximum atomic E-state index is 5.89. The molecule has 0 spiro atoms. The van der Waals surface area contributed by atoms with E-state index in [2.05, 4.69) is 50.2 Å². The molecule has 0 fully saturated rings. The lowest BCUT2D eigenvalue weighted by molar-refractivity contribution is 0.304. The Kier molecular flexibility index (Phi) is 8.51. The summed E-state index contributed by atoms with van der Waals surface area (Å²) < 4.78 is 11.8. The molecular weight excluding hydrogens is 296 g/mol. The van der Waals surface area contributed by atoms with Crippen LogP contribution in [0.5, 0.6) is 11.5 Å². The monoisotopic (exact) mass is 328 g/mol. The van der Waals surface area contributed by atoms with Crippen LogP contribution in [0, 0.1) is 0 Å². The number of hydrogen-bond acceptors (Lipinski definition) is 2. The van der Waals surface area contributed by atoms with E-state index in [1.54, 1.807) is 0 Å². The lowest BCUT2D eigenvalue weighted by Gasteiger charge is -2.09. The van der Waals surface area contributed by atoms with Crippen molar-refractivity contribution in [2.75, 3.05) is 13.2 Å². The predicted octanol–water partition coefficient (Wildman–Crippen LogP) is 6.76. The molecule has 0 aliphatic carbocycles. The lowest BCUT2D eigenvalue weighted by Crippen LogP contribution is -1.98. The summed E-state index contributed by atoms with van der Waals surface area (Å²) in [4.78, 5) is 0. The molecule has 2 heteroatoms. The summed E-state index contributed by atoms with van der Waals surface area (Å²) in [6.45, 7) is 6.07. The molecule has 2 nitrogen and oxygen atoms in total. The van der Waals surface area contributed by atoms with E-state index >= 15 is 0 Å². The van der Waals surface area contributed by atoms with Gasteiger partial charge in [-0.3, -0.25) is 0 Å². The third-order valence-corrected chi connectivity index (χ3v) is 4.32. The van der Waals surface area contributed by atoms with Gasteiger partial charge in [-0.05, 0) is 47.9 Å². The highest BCUT2D eigenvalue weighted by Gasteiger charge is 2.01. The predicted molar refractivity (Wildman–Crippen MR) is 103 cm³/mol. The smallest absolute Gasteiger partial charge is 0.119 e. The summed E-state index contributed by atoms with van der Waals surface area (Å²) in [6, 6.07) is 12.6. The van der Waals surface area contributed by atoms with E-state index in [1.807, 2.05) is 0 Å². The second-order valence-electron chi connectivity index (χ2n) is 6.49. The van der Waals surface area contributed by atoms with Crippen LogP contribution in [0.15, 0.2) is 36.4 Å². The number of ether oxygens (including phenoxy) is 2. The number of rotatable bonds is 12. The molecule has 0 aromatic heterocycles. The first-order valence-electron chi connectivity index (χ1n) is 9.63. The van der Waals surface area contributed by atoms with Crippen LogP contribution < -0.4 is 9.47 Å². The maximum Gasteiger partial charge on any atom is 0.119 e. The number of fused-ring (bicyclic) bond motifs is 1. The largest absolute Gasteiger partial charge is 0.494 e. The minimum absolute atomic E-state index is 0.805. The molecule has 2 rings (SSSR count). The standard InChI is InChI=1S/C22H32O2/c1-3-5-7-9-15-23-21-13-11-19-12-14-22(18-20(19)17-21)24-16-10-8-6-4-2/h11-14,17-18H,3-10,15-16H2,1-2H3. The molecule has 0 aliphatic rings. The Labute approximate surface area is 147 Å². The fraction of sp³-hybridized carbons (Fsp3) is 0.545. The highest BCUT2D eigenvalue weighted by atomic mass is 16.5. The second-order valence-corrected chi connectivity index (χ2v) is 6.49. The van der Waals surface area contributed by atoms with Gasteiger partial charge >= 0.3 is 0 Å². The average molecular weight is 328 g/mol. The van der Waals surface area contributed by atoms with Gasteiger partial charge in [0.2, 0.25) is 0 Å². The van der Waals surface area contributed by atoms with Gasteiger partial charge < -0.3 is 9.47 Å². The summed E-state index contributed by atoms with van der Waals surface area (Å²) in [5, 5.41) is 2.42. The molecular formula is C22H32O2. The third-order valence-electron chi connectivity index (χ3n) is 4.32. The molecule has 0 atom stereocenters. The Morgan fingerprint density at radius 1 is 0.583 bits per heavy atom. The molecule has 0 amide bonds. The topological polar surface area (TPSA) is 18.5 Å². The highest BCUT2D eigenvalue weighted by Crippen LogP contribution is 2.25. The molecule has 0 aliphatic heterocycles. The molecule has 0 radical (unpaired) electrons. The Bertz CT molecular complexity index is 543. The van der Waals surface area contributed by atoms with Gasteiger partial charge in [-0.25, -0.2) is 0 Å². The van der Waals surface area contributed by atoms with E-state index in [-0.39, 0.29) is 0 Å². The molecule has 132 valence electrons. The first-order chi connectivity index (χ1) is 11.8. The average Bonchev–Trinajstić information content (AvgIpc) is 2.61. The summed E-state index contributed by atoms with van der Waals surface area (Å²) in [7, 11) is 0. The Morgan fingerprint density at radius 2 is 1.08 bits per heavy atom. The molecule has 24 heavy (non-hydrogen) atoms. The van der Waals surface area contributed by atoms with Crippen LogP contribution in [0.1, 0.15) is 65.2 Å². The van der Waals surface area contributed by atoms with Crippen LogP contribution in [0.4, 0.5) is 0 Å². The molecule has 2 aromatic rings. The van der Waals surface area contributed by atoms with Crippen molar-refractivity contribution in [2.24, 2.45) is 0 Å². The molecule has 0 bridgehead atoms. The van der Waals surface area contributed by atoms with Crippen molar-refractivity contribution in [3.05, 3.63) is 36.4 Å². The number of hydrogen-bond donors (Lipinski definition) is 0. The fourth-order valence-electron chi connectivity index (χ4n) is 2.82. The first kappa shape index (κ1) is 18.6. The van der Waals surface area contributed by atoms with Gasteiger partial charge in [0.25, 0.3) is 0 Å². The fourth-order valence-corrected chi connectivity index (χ4v) is 2.82. The summed E-state index contributed by atoms with van der Waals surface area (Å²) in [6.07, 6.45) is 9.87. The maximum absolute atomic E-state index is 5.89. The number of unbranched alkanes of at least 4 members (excludes halogenated alkanes) is 6. The second kappa shape index (κ2) is 11.0.